The Morgan fingerprint density at radius 3 is 2.88 bits per heavy atom. The van der Waals surface area contributed by atoms with Gasteiger partial charge in [0.25, 0.3) is 0 Å². The van der Waals surface area contributed by atoms with Crippen LogP contribution >= 0.6 is 23.2 Å². The zero-order chi connectivity index (χ0) is 18.4. The maximum atomic E-state index is 12.0. The molecule has 0 aliphatic carbocycles. The molecule has 1 fully saturated rings. The van der Waals surface area contributed by atoms with Crippen LogP contribution in [0.4, 0.5) is 0 Å². The zero-order valence-corrected chi connectivity index (χ0v) is 16.0. The smallest absolute Gasteiger partial charge is 0.226 e. The number of aryl methyl sites for hydroxylation is 2. The monoisotopic (exact) mass is 396 g/mol. The second kappa shape index (κ2) is 9.40. The average Bonchev–Trinajstić information content (AvgIpc) is 3.28. The summed E-state index contributed by atoms with van der Waals surface area (Å²) in [5.74, 6) is 1.18. The van der Waals surface area contributed by atoms with Gasteiger partial charge in [0.05, 0.1) is 28.8 Å². The molecule has 1 atom stereocenters. The molecule has 0 bridgehead atoms. The number of aromatic nitrogens is 1. The molecule has 140 valence electrons. The number of halogens is 2. The fraction of sp³-hybridized carbons (Fsp3) is 0.474. The Morgan fingerprint density at radius 2 is 2.12 bits per heavy atom. The summed E-state index contributed by atoms with van der Waals surface area (Å²) in [5.41, 5.74) is 1.80. The van der Waals surface area contributed by atoms with Gasteiger partial charge in [0.15, 0.2) is 0 Å². The van der Waals surface area contributed by atoms with Crippen LogP contribution in [0.5, 0.6) is 0 Å². The average molecular weight is 397 g/mol. The van der Waals surface area contributed by atoms with Crippen molar-refractivity contribution in [2.24, 2.45) is 5.92 Å². The number of carbonyl (C=O) groups is 1. The summed E-state index contributed by atoms with van der Waals surface area (Å²) in [5, 5.41) is 8.06. The first-order valence-corrected chi connectivity index (χ1v) is 9.58. The Bertz CT molecular complexity index is 742. The van der Waals surface area contributed by atoms with Gasteiger partial charge in [-0.1, -0.05) is 34.4 Å². The minimum Gasteiger partial charge on any atom is -0.381 e. The highest BCUT2D eigenvalue weighted by molar-refractivity contribution is 6.42. The Morgan fingerprint density at radius 1 is 1.23 bits per heavy atom. The van der Waals surface area contributed by atoms with Crippen molar-refractivity contribution in [3.63, 3.8) is 0 Å². The molecule has 7 heteroatoms. The number of hydrogen-bond acceptors (Lipinski definition) is 4. The van der Waals surface area contributed by atoms with Crippen molar-refractivity contribution < 1.29 is 14.1 Å². The van der Waals surface area contributed by atoms with E-state index in [1.165, 1.54) is 0 Å². The van der Waals surface area contributed by atoms with E-state index in [9.17, 15) is 4.79 Å². The van der Waals surface area contributed by atoms with Gasteiger partial charge in [-0.2, -0.15) is 0 Å². The van der Waals surface area contributed by atoms with Crippen molar-refractivity contribution in [1.29, 1.82) is 0 Å². The summed E-state index contributed by atoms with van der Waals surface area (Å²) >= 11 is 11.9. The lowest BCUT2D eigenvalue weighted by molar-refractivity contribution is -0.120. The lowest BCUT2D eigenvalue weighted by Crippen LogP contribution is -2.30. The number of nitrogens with one attached hydrogen (secondary N) is 1. The lowest BCUT2D eigenvalue weighted by Gasteiger charge is -2.08. The highest BCUT2D eigenvalue weighted by Crippen LogP contribution is 2.23. The third-order valence-corrected chi connectivity index (χ3v) is 5.17. The summed E-state index contributed by atoms with van der Waals surface area (Å²) in [6.07, 6.45) is 3.78. The van der Waals surface area contributed by atoms with Crippen LogP contribution < -0.4 is 5.32 Å². The number of nitrogens with zero attached hydrogens (tertiary/aromatic N) is 1. The van der Waals surface area contributed by atoms with Crippen LogP contribution in [-0.2, 0) is 28.8 Å². The largest absolute Gasteiger partial charge is 0.381 e. The fourth-order valence-electron chi connectivity index (χ4n) is 2.95. The van der Waals surface area contributed by atoms with Gasteiger partial charge in [0.1, 0.15) is 5.76 Å². The van der Waals surface area contributed by atoms with Crippen molar-refractivity contribution >= 4 is 29.1 Å². The third kappa shape index (κ3) is 5.73. The van der Waals surface area contributed by atoms with E-state index in [2.05, 4.69) is 10.5 Å². The van der Waals surface area contributed by atoms with Gasteiger partial charge < -0.3 is 14.6 Å². The normalized spacial score (nSPS) is 16.8. The SMILES string of the molecule is O=C(Cc1cc(CCCc2ccc(Cl)c(Cl)c2)on1)NCC1CCOC1. The minimum atomic E-state index is -0.0347. The van der Waals surface area contributed by atoms with E-state index >= 15 is 0 Å². The Kier molecular flexibility index (Phi) is 6.94. The van der Waals surface area contributed by atoms with Crippen molar-refractivity contribution in [3.8, 4) is 0 Å². The van der Waals surface area contributed by atoms with Gasteiger partial charge in [-0.05, 0) is 37.0 Å². The number of rotatable bonds is 8. The highest BCUT2D eigenvalue weighted by atomic mass is 35.5. The predicted octanol–water partition coefficient (Wildman–Crippen LogP) is 3.85. The summed E-state index contributed by atoms with van der Waals surface area (Å²) in [6, 6.07) is 7.52. The molecule has 1 unspecified atom stereocenters. The topological polar surface area (TPSA) is 64.4 Å². The van der Waals surface area contributed by atoms with Gasteiger partial charge in [-0.25, -0.2) is 0 Å². The van der Waals surface area contributed by atoms with Gasteiger partial charge in [0.2, 0.25) is 5.91 Å². The maximum Gasteiger partial charge on any atom is 0.226 e. The van der Waals surface area contributed by atoms with Crippen molar-refractivity contribution in [3.05, 3.63) is 51.3 Å². The molecule has 2 heterocycles. The molecule has 5 nitrogen and oxygen atoms in total. The van der Waals surface area contributed by atoms with E-state index in [1.54, 1.807) is 0 Å². The molecule has 0 radical (unpaired) electrons. The fourth-order valence-corrected chi connectivity index (χ4v) is 3.27. The summed E-state index contributed by atoms with van der Waals surface area (Å²) in [6.45, 7) is 2.18. The van der Waals surface area contributed by atoms with Crippen molar-refractivity contribution in [1.82, 2.24) is 10.5 Å². The van der Waals surface area contributed by atoms with Gasteiger partial charge in [-0.3, -0.25) is 4.79 Å². The van der Waals surface area contributed by atoms with Crippen LogP contribution in [0, 0.1) is 5.92 Å². The lowest BCUT2D eigenvalue weighted by atomic mass is 10.1. The summed E-state index contributed by atoms with van der Waals surface area (Å²) in [7, 11) is 0. The molecule has 1 amide bonds. The van der Waals surface area contributed by atoms with Crippen LogP contribution in [-0.4, -0.2) is 30.8 Å². The van der Waals surface area contributed by atoms with Crippen LogP contribution in [0.25, 0.3) is 0 Å². The molecule has 1 aliphatic heterocycles. The molecule has 1 aliphatic rings. The van der Waals surface area contributed by atoms with Gasteiger partial charge in [-0.15, -0.1) is 0 Å². The molecular weight excluding hydrogens is 375 g/mol. The first kappa shape index (κ1) is 19.2. The Labute approximate surface area is 163 Å². The first-order valence-electron chi connectivity index (χ1n) is 8.83. The number of amides is 1. The maximum absolute atomic E-state index is 12.0. The summed E-state index contributed by atoms with van der Waals surface area (Å²) < 4.78 is 10.6. The zero-order valence-electron chi connectivity index (χ0n) is 14.5. The molecular formula is C19H22Cl2N2O3. The minimum absolute atomic E-state index is 0.0347. The standard InChI is InChI=1S/C19H22Cl2N2O3/c20-17-5-4-13(8-18(17)21)2-1-3-16-9-15(23-26-16)10-19(24)22-11-14-6-7-25-12-14/h4-5,8-9,14H,1-3,6-7,10-12H2,(H,22,24). The predicted molar refractivity (Wildman–Crippen MR) is 101 cm³/mol. The van der Waals surface area contributed by atoms with Crippen LogP contribution in [0.15, 0.2) is 28.8 Å². The van der Waals surface area contributed by atoms with E-state index in [-0.39, 0.29) is 12.3 Å². The van der Waals surface area contributed by atoms with Crippen LogP contribution in [0.1, 0.15) is 29.9 Å². The molecule has 26 heavy (non-hydrogen) atoms. The van der Waals surface area contributed by atoms with E-state index < -0.39 is 0 Å². The van der Waals surface area contributed by atoms with Gasteiger partial charge >= 0.3 is 0 Å². The number of carbonyl (C=O) groups excluding carboxylic acids is 1. The molecule has 2 aromatic rings. The second-order valence-electron chi connectivity index (χ2n) is 6.60. The van der Waals surface area contributed by atoms with Gasteiger partial charge in [0, 0.05) is 31.6 Å². The second-order valence-corrected chi connectivity index (χ2v) is 7.41. The van der Waals surface area contributed by atoms with Crippen LogP contribution in [0.2, 0.25) is 10.0 Å². The molecule has 0 saturated carbocycles. The number of ether oxygens (including phenoxy) is 1. The van der Waals surface area contributed by atoms with E-state index in [0.717, 1.165) is 50.2 Å². The van der Waals surface area contributed by atoms with Crippen molar-refractivity contribution in [2.75, 3.05) is 19.8 Å². The molecule has 1 aromatic carbocycles. The van der Waals surface area contributed by atoms with E-state index in [4.69, 9.17) is 32.5 Å². The third-order valence-electron chi connectivity index (χ3n) is 4.43. The molecule has 1 N–H and O–H groups in total. The quantitative estimate of drug-likeness (QED) is 0.735. The highest BCUT2D eigenvalue weighted by Gasteiger charge is 2.17. The Hall–Kier alpha value is -1.56. The van der Waals surface area contributed by atoms with Crippen molar-refractivity contribution in [2.45, 2.75) is 32.1 Å². The summed E-state index contributed by atoms with van der Waals surface area (Å²) in [4.78, 5) is 12.0. The van der Waals surface area contributed by atoms with E-state index in [0.29, 0.717) is 28.2 Å². The number of benzene rings is 1. The van der Waals surface area contributed by atoms with E-state index in [1.807, 2.05) is 24.3 Å². The molecule has 1 saturated heterocycles. The van der Waals surface area contributed by atoms with Crippen LogP contribution in [0.3, 0.4) is 0 Å². The first-order chi connectivity index (χ1) is 12.6. The molecule has 3 rings (SSSR count). The molecule has 0 spiro atoms. The molecule has 1 aromatic heterocycles. The Balaban J connectivity index is 1.39. The number of hydrogen-bond donors (Lipinski definition) is 1.